The first-order valence-corrected chi connectivity index (χ1v) is 5.99. The van der Waals surface area contributed by atoms with Gasteiger partial charge >= 0.3 is 0 Å². The summed E-state index contributed by atoms with van der Waals surface area (Å²) in [5.41, 5.74) is 1.29. The molecule has 1 aromatic carbocycles. The summed E-state index contributed by atoms with van der Waals surface area (Å²) in [6.45, 7) is 7.66. The molecular weight excluding hydrogens is 206 g/mol. The maximum atomic E-state index is 5.83. The second-order valence-electron chi connectivity index (χ2n) is 4.18. The zero-order valence-electron chi connectivity index (χ0n) is 9.76. The lowest BCUT2D eigenvalue weighted by atomic mass is 10.0. The van der Waals surface area contributed by atoms with Crippen molar-refractivity contribution in [3.05, 3.63) is 34.9 Å². The van der Waals surface area contributed by atoms with Crippen LogP contribution in [0.4, 0.5) is 0 Å². The van der Waals surface area contributed by atoms with E-state index in [1.807, 2.05) is 12.1 Å². The van der Waals surface area contributed by atoms with Crippen molar-refractivity contribution in [3.8, 4) is 0 Å². The first-order chi connectivity index (χ1) is 7.13. The van der Waals surface area contributed by atoms with Gasteiger partial charge in [-0.15, -0.1) is 0 Å². The van der Waals surface area contributed by atoms with Crippen LogP contribution in [0.3, 0.4) is 0 Å². The monoisotopic (exact) mass is 225 g/mol. The molecule has 0 aliphatic heterocycles. The van der Waals surface area contributed by atoms with Gasteiger partial charge in [0.25, 0.3) is 0 Å². The molecule has 84 valence electrons. The first-order valence-electron chi connectivity index (χ1n) is 5.61. The van der Waals surface area contributed by atoms with Crippen LogP contribution in [0.1, 0.15) is 32.8 Å². The second kappa shape index (κ2) is 6.14. The summed E-state index contributed by atoms with van der Waals surface area (Å²) in [7, 11) is 0. The minimum absolute atomic E-state index is 0.561. The van der Waals surface area contributed by atoms with Gasteiger partial charge in [0.05, 0.1) is 0 Å². The molecule has 0 radical (unpaired) electrons. The lowest BCUT2D eigenvalue weighted by molar-refractivity contribution is 0.389. The van der Waals surface area contributed by atoms with E-state index in [0.29, 0.717) is 6.04 Å². The molecule has 15 heavy (non-hydrogen) atoms. The Kier molecular flexibility index (Phi) is 5.13. The summed E-state index contributed by atoms with van der Waals surface area (Å²) < 4.78 is 0. The SMILES string of the molecule is CC[C@H](C)[C@@H](C)NCc1ccc(Cl)cc1. The van der Waals surface area contributed by atoms with E-state index in [-0.39, 0.29) is 0 Å². The van der Waals surface area contributed by atoms with Gasteiger partial charge in [0, 0.05) is 17.6 Å². The summed E-state index contributed by atoms with van der Waals surface area (Å²) in [6.07, 6.45) is 1.22. The molecule has 0 spiro atoms. The Bertz CT molecular complexity index is 281. The molecule has 1 N–H and O–H groups in total. The van der Waals surface area contributed by atoms with E-state index in [1.54, 1.807) is 0 Å². The second-order valence-corrected chi connectivity index (χ2v) is 4.62. The van der Waals surface area contributed by atoms with Crippen molar-refractivity contribution in [3.63, 3.8) is 0 Å². The normalized spacial score (nSPS) is 14.9. The quantitative estimate of drug-likeness (QED) is 0.803. The van der Waals surface area contributed by atoms with Crippen LogP contribution in [0.2, 0.25) is 5.02 Å². The molecule has 0 unspecified atom stereocenters. The first kappa shape index (κ1) is 12.5. The molecule has 0 aromatic heterocycles. The Labute approximate surface area is 97.8 Å². The summed E-state index contributed by atoms with van der Waals surface area (Å²) >= 11 is 5.83. The smallest absolute Gasteiger partial charge is 0.0406 e. The van der Waals surface area contributed by atoms with Crippen molar-refractivity contribution in [2.75, 3.05) is 0 Å². The minimum Gasteiger partial charge on any atom is -0.310 e. The average Bonchev–Trinajstić information content (AvgIpc) is 2.26. The van der Waals surface area contributed by atoms with E-state index in [4.69, 9.17) is 11.6 Å². The van der Waals surface area contributed by atoms with E-state index >= 15 is 0 Å². The molecule has 0 bridgehead atoms. The van der Waals surface area contributed by atoms with Crippen molar-refractivity contribution < 1.29 is 0 Å². The van der Waals surface area contributed by atoms with Crippen LogP contribution >= 0.6 is 11.6 Å². The number of hydrogen-bond acceptors (Lipinski definition) is 1. The third kappa shape index (κ3) is 4.23. The molecule has 2 atom stereocenters. The Balaban J connectivity index is 2.40. The van der Waals surface area contributed by atoms with Crippen molar-refractivity contribution in [2.24, 2.45) is 5.92 Å². The maximum Gasteiger partial charge on any atom is 0.0406 e. The molecule has 0 amide bonds. The van der Waals surface area contributed by atoms with Gasteiger partial charge in [0.1, 0.15) is 0 Å². The molecule has 0 fully saturated rings. The van der Waals surface area contributed by atoms with E-state index < -0.39 is 0 Å². The van der Waals surface area contributed by atoms with Crippen molar-refractivity contribution in [1.82, 2.24) is 5.32 Å². The summed E-state index contributed by atoms with van der Waals surface area (Å²) in [4.78, 5) is 0. The highest BCUT2D eigenvalue weighted by molar-refractivity contribution is 6.30. The predicted octanol–water partition coefficient (Wildman–Crippen LogP) is 3.86. The van der Waals surface area contributed by atoms with E-state index in [2.05, 4.69) is 38.2 Å². The predicted molar refractivity (Wildman–Crippen MR) is 67.2 cm³/mol. The third-order valence-corrected chi connectivity index (χ3v) is 3.29. The van der Waals surface area contributed by atoms with Crippen LogP contribution in [0.25, 0.3) is 0 Å². The van der Waals surface area contributed by atoms with E-state index in [9.17, 15) is 0 Å². The van der Waals surface area contributed by atoms with Gasteiger partial charge in [0.15, 0.2) is 0 Å². The molecule has 0 heterocycles. The minimum atomic E-state index is 0.561. The maximum absolute atomic E-state index is 5.83. The van der Waals surface area contributed by atoms with Gasteiger partial charge in [-0.05, 0) is 30.5 Å². The highest BCUT2D eigenvalue weighted by atomic mass is 35.5. The van der Waals surface area contributed by atoms with Crippen molar-refractivity contribution >= 4 is 11.6 Å². The van der Waals surface area contributed by atoms with Crippen LogP contribution in [-0.4, -0.2) is 6.04 Å². The molecular formula is C13H20ClN. The number of halogens is 1. The fraction of sp³-hybridized carbons (Fsp3) is 0.538. The average molecular weight is 226 g/mol. The molecule has 0 saturated carbocycles. The zero-order valence-corrected chi connectivity index (χ0v) is 10.5. The van der Waals surface area contributed by atoms with Gasteiger partial charge in [-0.2, -0.15) is 0 Å². The topological polar surface area (TPSA) is 12.0 Å². The lowest BCUT2D eigenvalue weighted by Gasteiger charge is -2.19. The highest BCUT2D eigenvalue weighted by Gasteiger charge is 2.08. The van der Waals surface area contributed by atoms with Gasteiger partial charge in [0.2, 0.25) is 0 Å². The fourth-order valence-corrected chi connectivity index (χ4v) is 1.56. The Morgan fingerprint density at radius 2 is 1.80 bits per heavy atom. The Morgan fingerprint density at radius 1 is 1.20 bits per heavy atom. The number of hydrogen-bond donors (Lipinski definition) is 1. The number of nitrogens with one attached hydrogen (secondary N) is 1. The largest absolute Gasteiger partial charge is 0.310 e. The van der Waals surface area contributed by atoms with E-state index in [1.165, 1.54) is 12.0 Å². The fourth-order valence-electron chi connectivity index (χ4n) is 1.44. The number of benzene rings is 1. The molecule has 1 aromatic rings. The van der Waals surface area contributed by atoms with Crippen LogP contribution in [0.15, 0.2) is 24.3 Å². The van der Waals surface area contributed by atoms with Gasteiger partial charge in [-0.3, -0.25) is 0 Å². The number of rotatable bonds is 5. The standard InChI is InChI=1S/C13H20ClN/c1-4-10(2)11(3)15-9-12-5-7-13(14)8-6-12/h5-8,10-11,15H,4,9H2,1-3H3/t10-,11+/m0/s1. The third-order valence-electron chi connectivity index (χ3n) is 3.04. The lowest BCUT2D eigenvalue weighted by Crippen LogP contribution is -2.31. The van der Waals surface area contributed by atoms with Crippen molar-refractivity contribution in [1.29, 1.82) is 0 Å². The van der Waals surface area contributed by atoms with Crippen LogP contribution in [0, 0.1) is 5.92 Å². The molecule has 0 saturated heterocycles. The van der Waals surface area contributed by atoms with Crippen LogP contribution in [-0.2, 0) is 6.54 Å². The van der Waals surface area contributed by atoms with Crippen molar-refractivity contribution in [2.45, 2.75) is 39.8 Å². The zero-order chi connectivity index (χ0) is 11.3. The molecule has 1 rings (SSSR count). The summed E-state index contributed by atoms with van der Waals surface area (Å²) in [5.74, 6) is 0.720. The summed E-state index contributed by atoms with van der Waals surface area (Å²) in [5, 5.41) is 4.33. The molecule has 2 heteroatoms. The van der Waals surface area contributed by atoms with Gasteiger partial charge < -0.3 is 5.32 Å². The Morgan fingerprint density at radius 3 is 2.33 bits per heavy atom. The van der Waals surface area contributed by atoms with Gasteiger partial charge in [-0.25, -0.2) is 0 Å². The van der Waals surface area contributed by atoms with E-state index in [0.717, 1.165) is 17.5 Å². The highest BCUT2D eigenvalue weighted by Crippen LogP contribution is 2.11. The molecule has 0 aliphatic carbocycles. The van der Waals surface area contributed by atoms with Gasteiger partial charge in [-0.1, -0.05) is 44.0 Å². The van der Waals surface area contributed by atoms with Crippen LogP contribution < -0.4 is 5.32 Å². The molecule has 1 nitrogen and oxygen atoms in total. The Hall–Kier alpha value is -0.530. The van der Waals surface area contributed by atoms with Crippen LogP contribution in [0.5, 0.6) is 0 Å². The summed E-state index contributed by atoms with van der Waals surface area (Å²) in [6, 6.07) is 8.57. The molecule has 0 aliphatic rings.